The largest absolute Gasteiger partial charge is 0.480 e. The second-order valence-corrected chi connectivity index (χ2v) is 7.11. The van der Waals surface area contributed by atoms with E-state index in [1.54, 1.807) is 13.8 Å². The minimum atomic E-state index is -4.47. The first-order chi connectivity index (χ1) is 9.72. The van der Waals surface area contributed by atoms with E-state index in [9.17, 15) is 27.1 Å². The van der Waals surface area contributed by atoms with Gasteiger partial charge in [0.05, 0.1) is 0 Å². The fraction of sp³-hybridized carbons (Fsp3) is 0.500. The van der Waals surface area contributed by atoms with Gasteiger partial charge in [-0.05, 0) is 25.0 Å². The van der Waals surface area contributed by atoms with Crippen LogP contribution in [0.25, 0.3) is 0 Å². The number of aliphatic carboxylic acids is 1. The van der Waals surface area contributed by atoms with Gasteiger partial charge in [-0.15, -0.1) is 0 Å². The van der Waals surface area contributed by atoms with Crippen molar-refractivity contribution in [3.63, 3.8) is 0 Å². The predicted molar refractivity (Wildman–Crippen MR) is 73.7 cm³/mol. The number of sulfone groups is 1. The van der Waals surface area contributed by atoms with Gasteiger partial charge in [-0.3, -0.25) is 4.79 Å². The summed E-state index contributed by atoms with van der Waals surface area (Å²) in [6.07, 6.45) is 0.368. The van der Waals surface area contributed by atoms with Crippen molar-refractivity contribution >= 4 is 15.8 Å². The number of carbonyl (C=O) groups is 1. The van der Waals surface area contributed by atoms with E-state index < -0.39 is 37.1 Å². The maximum absolute atomic E-state index is 13.8. The number of hydrogen-bond donors (Lipinski definition) is 1. The maximum Gasteiger partial charge on any atom is 0.325 e. The molecule has 0 spiro atoms. The van der Waals surface area contributed by atoms with E-state index in [0.29, 0.717) is 18.9 Å². The van der Waals surface area contributed by atoms with Crippen LogP contribution in [-0.2, 0) is 14.6 Å². The van der Waals surface area contributed by atoms with Gasteiger partial charge >= 0.3 is 5.97 Å². The quantitative estimate of drug-likeness (QED) is 0.783. The number of halogens is 2. The van der Waals surface area contributed by atoms with Crippen molar-refractivity contribution in [2.45, 2.75) is 49.2 Å². The second kappa shape index (κ2) is 6.51. The fourth-order valence-electron chi connectivity index (χ4n) is 2.43. The molecule has 0 aliphatic rings. The molecule has 0 heterocycles. The fourth-order valence-corrected chi connectivity index (χ4v) is 4.59. The third kappa shape index (κ3) is 3.07. The van der Waals surface area contributed by atoms with E-state index in [0.717, 1.165) is 12.1 Å². The average Bonchev–Trinajstić information content (AvgIpc) is 2.37. The molecule has 7 heteroatoms. The molecule has 0 amide bonds. The van der Waals surface area contributed by atoms with Crippen LogP contribution in [0, 0.1) is 11.6 Å². The minimum Gasteiger partial charge on any atom is -0.480 e. The van der Waals surface area contributed by atoms with Crippen LogP contribution in [0.4, 0.5) is 8.78 Å². The van der Waals surface area contributed by atoms with Crippen molar-refractivity contribution in [3.8, 4) is 0 Å². The van der Waals surface area contributed by atoms with Crippen molar-refractivity contribution in [1.82, 2.24) is 0 Å². The van der Waals surface area contributed by atoms with E-state index in [-0.39, 0.29) is 12.8 Å². The third-order valence-corrected chi connectivity index (χ3v) is 5.92. The van der Waals surface area contributed by atoms with Gasteiger partial charge in [-0.2, -0.15) is 0 Å². The summed E-state index contributed by atoms with van der Waals surface area (Å²) in [6.45, 7) is 3.31. The Balaban J connectivity index is 3.57. The van der Waals surface area contributed by atoms with Crippen LogP contribution in [0.1, 0.15) is 39.5 Å². The molecule has 1 aromatic carbocycles. The van der Waals surface area contributed by atoms with Crippen LogP contribution in [0.3, 0.4) is 0 Å². The van der Waals surface area contributed by atoms with E-state index in [1.807, 2.05) is 0 Å². The molecule has 1 rings (SSSR count). The number of carboxylic acid groups (broad SMARTS) is 1. The first-order valence-corrected chi connectivity index (χ1v) is 8.14. The van der Waals surface area contributed by atoms with Crippen molar-refractivity contribution in [3.05, 3.63) is 29.8 Å². The van der Waals surface area contributed by atoms with Crippen LogP contribution in [0.5, 0.6) is 0 Å². The number of carboxylic acids is 1. The smallest absolute Gasteiger partial charge is 0.325 e. The van der Waals surface area contributed by atoms with Crippen molar-refractivity contribution in [1.29, 1.82) is 0 Å². The van der Waals surface area contributed by atoms with E-state index in [2.05, 4.69) is 0 Å². The summed E-state index contributed by atoms with van der Waals surface area (Å²) in [5.41, 5.74) is 0. The van der Waals surface area contributed by atoms with Crippen molar-refractivity contribution in [2.75, 3.05) is 0 Å². The third-order valence-electron chi connectivity index (χ3n) is 3.40. The van der Waals surface area contributed by atoms with Crippen LogP contribution in [0.15, 0.2) is 23.1 Å². The lowest BCUT2D eigenvalue weighted by molar-refractivity contribution is -0.140. The molecule has 0 bridgehead atoms. The van der Waals surface area contributed by atoms with Gasteiger partial charge in [0.1, 0.15) is 16.5 Å². The summed E-state index contributed by atoms with van der Waals surface area (Å²) in [5.74, 6) is -3.69. The lowest BCUT2D eigenvalue weighted by Gasteiger charge is -2.28. The summed E-state index contributed by atoms with van der Waals surface area (Å²) in [4.78, 5) is 10.9. The van der Waals surface area contributed by atoms with Gasteiger partial charge in [0.2, 0.25) is 0 Å². The van der Waals surface area contributed by atoms with Crippen LogP contribution in [0.2, 0.25) is 0 Å². The maximum atomic E-state index is 13.8. The summed E-state index contributed by atoms with van der Waals surface area (Å²) in [5, 5.41) is 9.45. The second-order valence-electron chi connectivity index (χ2n) is 4.88. The van der Waals surface area contributed by atoms with Crippen LogP contribution in [-0.4, -0.2) is 24.2 Å². The van der Waals surface area contributed by atoms with Crippen molar-refractivity contribution in [2.24, 2.45) is 0 Å². The molecule has 0 atom stereocenters. The van der Waals surface area contributed by atoms with Gasteiger partial charge in [-0.25, -0.2) is 17.2 Å². The highest BCUT2D eigenvalue weighted by atomic mass is 32.2. The Kier molecular flexibility index (Phi) is 5.44. The lowest BCUT2D eigenvalue weighted by atomic mass is 9.97. The van der Waals surface area contributed by atoms with E-state index in [4.69, 9.17) is 0 Å². The normalized spacial score (nSPS) is 12.4. The van der Waals surface area contributed by atoms with Gasteiger partial charge in [0.15, 0.2) is 14.6 Å². The molecule has 0 aliphatic heterocycles. The molecule has 1 aromatic rings. The van der Waals surface area contributed by atoms with E-state index >= 15 is 0 Å². The molecular formula is C14H18F2O4S. The predicted octanol–water partition coefficient (Wildman–Crippen LogP) is 3.16. The molecule has 0 saturated carbocycles. The zero-order valence-electron chi connectivity index (χ0n) is 11.9. The number of hydrogen-bond acceptors (Lipinski definition) is 3. The highest BCUT2D eigenvalue weighted by Gasteiger charge is 2.51. The van der Waals surface area contributed by atoms with Crippen LogP contribution < -0.4 is 0 Å². The Morgan fingerprint density at radius 2 is 1.71 bits per heavy atom. The van der Waals surface area contributed by atoms with E-state index in [1.165, 1.54) is 0 Å². The molecule has 4 nitrogen and oxygen atoms in total. The Bertz CT molecular complexity index is 620. The molecule has 0 fully saturated rings. The average molecular weight is 320 g/mol. The van der Waals surface area contributed by atoms with Gasteiger partial charge in [0.25, 0.3) is 0 Å². The Labute approximate surface area is 122 Å². The first kappa shape index (κ1) is 17.6. The number of benzene rings is 1. The highest BCUT2D eigenvalue weighted by Crippen LogP contribution is 2.36. The Hall–Kier alpha value is -1.50. The topological polar surface area (TPSA) is 71.4 Å². The zero-order valence-corrected chi connectivity index (χ0v) is 12.7. The zero-order chi connectivity index (χ0) is 16.3. The lowest BCUT2D eigenvalue weighted by Crippen LogP contribution is -2.46. The Morgan fingerprint density at radius 1 is 1.19 bits per heavy atom. The summed E-state index contributed by atoms with van der Waals surface area (Å²) in [6, 6.07) is 2.03. The monoisotopic (exact) mass is 320 g/mol. The standard InChI is InChI=1S/C14H18F2O4S/c1-3-7-14(8-4-2,13(17)18)21(19,20)12-6-5-10(15)9-11(12)16/h5-6,9H,3-4,7-8H2,1-2H3,(H,17,18). The molecule has 0 radical (unpaired) electrons. The molecule has 0 unspecified atom stereocenters. The molecular weight excluding hydrogens is 302 g/mol. The molecule has 0 saturated heterocycles. The van der Waals surface area contributed by atoms with Crippen LogP contribution >= 0.6 is 0 Å². The molecule has 0 aliphatic carbocycles. The number of rotatable bonds is 7. The molecule has 21 heavy (non-hydrogen) atoms. The summed E-state index contributed by atoms with van der Waals surface area (Å²) in [7, 11) is -4.47. The SMILES string of the molecule is CCCC(CCC)(C(=O)O)S(=O)(=O)c1ccc(F)cc1F. The molecule has 1 N–H and O–H groups in total. The molecule has 118 valence electrons. The first-order valence-electron chi connectivity index (χ1n) is 6.66. The van der Waals surface area contributed by atoms with Gasteiger partial charge in [0, 0.05) is 6.07 Å². The Morgan fingerprint density at radius 3 is 2.10 bits per heavy atom. The summed E-state index contributed by atoms with van der Waals surface area (Å²) >= 11 is 0. The summed E-state index contributed by atoms with van der Waals surface area (Å²) < 4.78 is 50.0. The van der Waals surface area contributed by atoms with Gasteiger partial charge in [-0.1, -0.05) is 26.7 Å². The minimum absolute atomic E-state index is 0.130. The highest BCUT2D eigenvalue weighted by molar-refractivity contribution is 7.93. The molecule has 0 aromatic heterocycles. The van der Waals surface area contributed by atoms with Gasteiger partial charge < -0.3 is 5.11 Å². The van der Waals surface area contributed by atoms with Crippen molar-refractivity contribution < 1.29 is 27.1 Å².